The fraction of sp³-hybridized carbons (Fsp3) is 0.316. The maximum Gasteiger partial charge on any atom is 0.228 e. The lowest BCUT2D eigenvalue weighted by Gasteiger charge is -2.32. The van der Waals surface area contributed by atoms with Gasteiger partial charge in [0.2, 0.25) is 5.91 Å². The average molecular weight is 398 g/mol. The number of piperidine rings is 1. The Labute approximate surface area is 162 Å². The van der Waals surface area contributed by atoms with Gasteiger partial charge in [0.1, 0.15) is 0 Å². The molecule has 1 fully saturated rings. The van der Waals surface area contributed by atoms with E-state index in [4.69, 9.17) is 34.8 Å². The average Bonchev–Trinajstić information content (AvgIpc) is 2.61. The molecule has 1 unspecified atom stereocenters. The molecule has 2 aromatic rings. The minimum Gasteiger partial charge on any atom is -0.324 e. The van der Waals surface area contributed by atoms with E-state index in [-0.39, 0.29) is 11.8 Å². The summed E-state index contributed by atoms with van der Waals surface area (Å²) in [5.74, 6) is -0.0685. The van der Waals surface area contributed by atoms with Crippen LogP contribution in [0, 0.1) is 5.92 Å². The summed E-state index contributed by atoms with van der Waals surface area (Å²) in [5, 5.41) is 4.47. The summed E-state index contributed by atoms with van der Waals surface area (Å²) in [6.45, 7) is 2.54. The Balaban J connectivity index is 1.61. The first kappa shape index (κ1) is 18.5. The lowest BCUT2D eigenvalue weighted by molar-refractivity contribution is -0.121. The van der Waals surface area contributed by atoms with Crippen LogP contribution in [0.15, 0.2) is 42.5 Å². The molecule has 25 heavy (non-hydrogen) atoms. The van der Waals surface area contributed by atoms with E-state index >= 15 is 0 Å². The third-order valence-corrected chi connectivity index (χ3v) is 5.48. The van der Waals surface area contributed by atoms with Gasteiger partial charge < -0.3 is 5.32 Å². The number of nitrogens with one attached hydrogen (secondary N) is 1. The highest BCUT2D eigenvalue weighted by molar-refractivity contribution is 6.44. The molecule has 1 amide bonds. The van der Waals surface area contributed by atoms with E-state index in [1.54, 1.807) is 18.2 Å². The fourth-order valence-electron chi connectivity index (χ4n) is 3.10. The van der Waals surface area contributed by atoms with Gasteiger partial charge in [0, 0.05) is 18.1 Å². The molecule has 0 bridgehead atoms. The third kappa shape index (κ3) is 4.89. The monoisotopic (exact) mass is 396 g/mol. The van der Waals surface area contributed by atoms with Crippen molar-refractivity contribution in [3.05, 3.63) is 63.1 Å². The molecule has 0 saturated carbocycles. The van der Waals surface area contributed by atoms with Gasteiger partial charge >= 0.3 is 0 Å². The Morgan fingerprint density at radius 3 is 2.64 bits per heavy atom. The Hall–Kier alpha value is -1.26. The molecular formula is C19H19Cl3N2O. The second-order valence-electron chi connectivity index (χ2n) is 6.29. The second kappa shape index (κ2) is 8.41. The summed E-state index contributed by atoms with van der Waals surface area (Å²) in [7, 11) is 0. The molecule has 132 valence electrons. The summed E-state index contributed by atoms with van der Waals surface area (Å²) >= 11 is 18.1. The van der Waals surface area contributed by atoms with Gasteiger partial charge in [0.25, 0.3) is 0 Å². The molecule has 6 heteroatoms. The van der Waals surface area contributed by atoms with Crippen LogP contribution in [0.2, 0.25) is 15.1 Å². The molecule has 0 radical (unpaired) electrons. The lowest BCUT2D eigenvalue weighted by Crippen LogP contribution is -2.40. The molecule has 1 heterocycles. The van der Waals surface area contributed by atoms with Crippen molar-refractivity contribution >= 4 is 46.4 Å². The molecule has 1 atom stereocenters. The number of benzene rings is 2. The highest BCUT2D eigenvalue weighted by Gasteiger charge is 2.26. The SMILES string of the molecule is O=C(Nc1cccc(Cl)c1Cl)C1CCCN(Cc2ccc(Cl)cc2)C1. The van der Waals surface area contributed by atoms with Crippen molar-refractivity contribution in [3.63, 3.8) is 0 Å². The highest BCUT2D eigenvalue weighted by atomic mass is 35.5. The van der Waals surface area contributed by atoms with Gasteiger partial charge in [-0.25, -0.2) is 0 Å². The summed E-state index contributed by atoms with van der Waals surface area (Å²) in [6.07, 6.45) is 1.87. The molecule has 1 aliphatic heterocycles. The van der Waals surface area contributed by atoms with Crippen LogP contribution >= 0.6 is 34.8 Å². The standard InChI is InChI=1S/C19H19Cl3N2O/c20-15-8-6-13(7-9-15)11-24-10-2-3-14(12-24)19(25)23-17-5-1-4-16(21)18(17)22/h1,4-9,14H,2-3,10-12H2,(H,23,25). The number of likely N-dealkylation sites (tertiary alicyclic amines) is 1. The number of anilines is 1. The van der Waals surface area contributed by atoms with Gasteiger partial charge in [-0.2, -0.15) is 0 Å². The largest absolute Gasteiger partial charge is 0.324 e. The minimum atomic E-state index is -0.0592. The number of hydrogen-bond acceptors (Lipinski definition) is 2. The van der Waals surface area contributed by atoms with Crippen LogP contribution in [-0.2, 0) is 11.3 Å². The van der Waals surface area contributed by atoms with E-state index in [1.807, 2.05) is 24.3 Å². The smallest absolute Gasteiger partial charge is 0.228 e. The fourth-order valence-corrected chi connectivity index (χ4v) is 3.57. The second-order valence-corrected chi connectivity index (χ2v) is 7.51. The van der Waals surface area contributed by atoms with Crippen LogP contribution in [0.25, 0.3) is 0 Å². The molecule has 3 nitrogen and oxygen atoms in total. The van der Waals surface area contributed by atoms with Crippen LogP contribution < -0.4 is 5.32 Å². The molecule has 1 saturated heterocycles. The Morgan fingerprint density at radius 1 is 1.12 bits per heavy atom. The van der Waals surface area contributed by atoms with Crippen molar-refractivity contribution < 1.29 is 4.79 Å². The van der Waals surface area contributed by atoms with E-state index in [0.29, 0.717) is 15.7 Å². The van der Waals surface area contributed by atoms with Crippen LogP contribution in [-0.4, -0.2) is 23.9 Å². The first-order chi connectivity index (χ1) is 12.0. The van der Waals surface area contributed by atoms with Crippen LogP contribution in [0.4, 0.5) is 5.69 Å². The zero-order valence-corrected chi connectivity index (χ0v) is 15.9. The van der Waals surface area contributed by atoms with Crippen molar-refractivity contribution in [3.8, 4) is 0 Å². The number of carbonyl (C=O) groups excluding carboxylic acids is 1. The van der Waals surface area contributed by atoms with Gasteiger partial charge in [0.15, 0.2) is 0 Å². The molecule has 0 spiro atoms. The molecule has 3 rings (SSSR count). The van der Waals surface area contributed by atoms with Gasteiger partial charge in [-0.3, -0.25) is 9.69 Å². The highest BCUT2D eigenvalue weighted by Crippen LogP contribution is 2.30. The summed E-state index contributed by atoms with van der Waals surface area (Å²) in [6, 6.07) is 13.1. The summed E-state index contributed by atoms with van der Waals surface area (Å²) in [5.41, 5.74) is 1.76. The predicted octanol–water partition coefficient (Wildman–Crippen LogP) is 5.50. The van der Waals surface area contributed by atoms with Crippen molar-refractivity contribution in [2.24, 2.45) is 5.92 Å². The number of carbonyl (C=O) groups is 1. The summed E-state index contributed by atoms with van der Waals surface area (Å²) < 4.78 is 0. The van der Waals surface area contributed by atoms with Gasteiger partial charge in [-0.15, -0.1) is 0 Å². The number of halogens is 3. The first-order valence-corrected chi connectivity index (χ1v) is 9.38. The Morgan fingerprint density at radius 2 is 1.88 bits per heavy atom. The molecule has 0 aromatic heterocycles. The first-order valence-electron chi connectivity index (χ1n) is 8.24. The Kier molecular flexibility index (Phi) is 6.24. The molecular weight excluding hydrogens is 379 g/mol. The predicted molar refractivity (Wildman–Crippen MR) is 105 cm³/mol. The number of nitrogens with zero attached hydrogens (tertiary/aromatic N) is 1. The third-order valence-electron chi connectivity index (χ3n) is 4.41. The van der Waals surface area contributed by atoms with E-state index in [1.165, 1.54) is 5.56 Å². The van der Waals surface area contributed by atoms with Crippen LogP contribution in [0.5, 0.6) is 0 Å². The molecule has 2 aromatic carbocycles. The van der Waals surface area contributed by atoms with E-state index in [9.17, 15) is 4.79 Å². The molecule has 0 aliphatic carbocycles. The molecule has 1 aliphatic rings. The van der Waals surface area contributed by atoms with Gasteiger partial charge in [-0.1, -0.05) is 53.0 Å². The van der Waals surface area contributed by atoms with Crippen molar-refractivity contribution in [2.45, 2.75) is 19.4 Å². The number of rotatable bonds is 4. The van der Waals surface area contributed by atoms with E-state index in [2.05, 4.69) is 10.2 Å². The maximum absolute atomic E-state index is 12.6. The lowest BCUT2D eigenvalue weighted by atomic mass is 9.96. The maximum atomic E-state index is 12.6. The topological polar surface area (TPSA) is 32.3 Å². The van der Waals surface area contributed by atoms with Crippen LogP contribution in [0.1, 0.15) is 18.4 Å². The van der Waals surface area contributed by atoms with E-state index in [0.717, 1.165) is 37.5 Å². The van der Waals surface area contributed by atoms with Crippen LogP contribution in [0.3, 0.4) is 0 Å². The van der Waals surface area contributed by atoms with Gasteiger partial charge in [-0.05, 0) is 49.2 Å². The Bertz CT molecular complexity index is 749. The zero-order chi connectivity index (χ0) is 17.8. The summed E-state index contributed by atoms with van der Waals surface area (Å²) in [4.78, 5) is 14.9. The quantitative estimate of drug-likeness (QED) is 0.739. The zero-order valence-electron chi connectivity index (χ0n) is 13.6. The minimum absolute atomic E-state index is 0.00928. The van der Waals surface area contributed by atoms with E-state index < -0.39 is 0 Å². The number of hydrogen-bond donors (Lipinski definition) is 1. The molecule has 1 N–H and O–H groups in total. The number of amides is 1. The normalized spacial score (nSPS) is 18.1. The van der Waals surface area contributed by atoms with Crippen molar-refractivity contribution in [2.75, 3.05) is 18.4 Å². The van der Waals surface area contributed by atoms with Gasteiger partial charge in [0.05, 0.1) is 21.7 Å². The van der Waals surface area contributed by atoms with Crippen molar-refractivity contribution in [1.82, 2.24) is 4.90 Å². The van der Waals surface area contributed by atoms with Crippen molar-refractivity contribution in [1.29, 1.82) is 0 Å².